The zero-order valence-electron chi connectivity index (χ0n) is 12.0. The molecule has 3 rings (SSSR count). The Labute approximate surface area is 134 Å². The number of hydrogen-bond donors (Lipinski definition) is 2. The van der Waals surface area contributed by atoms with Gasteiger partial charge in [-0.1, -0.05) is 41.9 Å². The number of carbonyl (C=O) groups excluding carboxylic acids is 1. The van der Waals surface area contributed by atoms with Gasteiger partial charge in [0, 0.05) is 6.42 Å². The molecule has 0 aliphatic carbocycles. The summed E-state index contributed by atoms with van der Waals surface area (Å²) in [5.74, 6) is 0.829. The molecule has 1 amide bonds. The van der Waals surface area contributed by atoms with Crippen LogP contribution in [0.3, 0.4) is 0 Å². The van der Waals surface area contributed by atoms with Gasteiger partial charge in [0.25, 0.3) is 0 Å². The van der Waals surface area contributed by atoms with Gasteiger partial charge in [-0.25, -0.2) is 0 Å². The Hall–Kier alpha value is -2.20. The first kappa shape index (κ1) is 14.7. The third-order valence-corrected chi connectivity index (χ3v) is 3.88. The van der Waals surface area contributed by atoms with Gasteiger partial charge in [-0.05, 0) is 23.8 Å². The number of amides is 1. The zero-order chi connectivity index (χ0) is 15.4. The van der Waals surface area contributed by atoms with E-state index in [9.17, 15) is 4.79 Å². The van der Waals surface area contributed by atoms with Crippen LogP contribution in [0.2, 0.25) is 5.02 Å². The summed E-state index contributed by atoms with van der Waals surface area (Å²) >= 11 is 6.03. The molecule has 0 saturated carbocycles. The highest BCUT2D eigenvalue weighted by Gasteiger charge is 2.22. The summed E-state index contributed by atoms with van der Waals surface area (Å²) in [5.41, 5.74) is 1.94. The third kappa shape index (κ3) is 3.52. The largest absolute Gasteiger partial charge is 0.488 e. The van der Waals surface area contributed by atoms with Crippen LogP contribution >= 0.6 is 11.6 Å². The Balaban J connectivity index is 1.43. The Kier molecular flexibility index (Phi) is 4.49. The molecular weight excluding hydrogens is 300 g/mol. The zero-order valence-corrected chi connectivity index (χ0v) is 12.8. The average molecular weight is 317 g/mol. The minimum absolute atomic E-state index is 0.00154. The van der Waals surface area contributed by atoms with Crippen LogP contribution in [-0.4, -0.2) is 25.1 Å². The van der Waals surface area contributed by atoms with E-state index in [1.165, 1.54) is 5.56 Å². The Bertz CT molecular complexity index is 650. The van der Waals surface area contributed by atoms with E-state index >= 15 is 0 Å². The van der Waals surface area contributed by atoms with Gasteiger partial charge in [0.1, 0.15) is 11.9 Å². The maximum Gasteiger partial charge on any atom is 0.239 e. The van der Waals surface area contributed by atoms with E-state index in [0.29, 0.717) is 11.6 Å². The lowest BCUT2D eigenvalue weighted by Gasteiger charge is -2.13. The summed E-state index contributed by atoms with van der Waals surface area (Å²) in [6, 6.07) is 15.3. The number of rotatable bonds is 5. The number of fused-ring (bicyclic) bond motifs is 1. The number of halogens is 1. The molecule has 1 aliphatic rings. The average Bonchev–Trinajstić information content (AvgIpc) is 2.95. The molecule has 1 heterocycles. The van der Waals surface area contributed by atoms with Crippen molar-refractivity contribution < 1.29 is 9.53 Å². The van der Waals surface area contributed by atoms with E-state index in [2.05, 4.69) is 16.7 Å². The molecule has 22 heavy (non-hydrogen) atoms. The normalized spacial score (nSPS) is 15.8. The van der Waals surface area contributed by atoms with Crippen molar-refractivity contribution in [2.45, 2.75) is 12.5 Å². The Morgan fingerprint density at radius 3 is 2.77 bits per heavy atom. The fraction of sp³-hybridized carbons (Fsp3) is 0.235. The van der Waals surface area contributed by atoms with Crippen molar-refractivity contribution >= 4 is 23.2 Å². The molecule has 5 heteroatoms. The highest BCUT2D eigenvalue weighted by Crippen LogP contribution is 2.27. The van der Waals surface area contributed by atoms with Crippen LogP contribution in [0.25, 0.3) is 0 Å². The minimum Gasteiger partial charge on any atom is -0.488 e. The topological polar surface area (TPSA) is 50.4 Å². The van der Waals surface area contributed by atoms with Crippen LogP contribution in [0.5, 0.6) is 5.75 Å². The summed E-state index contributed by atoms with van der Waals surface area (Å²) in [7, 11) is 0. The lowest BCUT2D eigenvalue weighted by Crippen LogP contribution is -2.37. The van der Waals surface area contributed by atoms with Gasteiger partial charge in [0.2, 0.25) is 5.91 Å². The van der Waals surface area contributed by atoms with Gasteiger partial charge in [-0.2, -0.15) is 0 Å². The molecule has 0 aromatic heterocycles. The lowest BCUT2D eigenvalue weighted by atomic mass is 10.1. The van der Waals surface area contributed by atoms with E-state index in [4.69, 9.17) is 16.3 Å². The third-order valence-electron chi connectivity index (χ3n) is 3.55. The summed E-state index contributed by atoms with van der Waals surface area (Å²) in [4.78, 5) is 11.9. The maximum absolute atomic E-state index is 11.9. The standard InChI is InChI=1S/C17H17ClN2O2/c18-14-6-2-3-7-15(14)19-11-17(21)20-10-13-9-12-5-1-4-8-16(12)22-13/h1-8,13,19H,9-11H2,(H,20,21)/t13-/m1/s1. The second kappa shape index (κ2) is 6.71. The number of ether oxygens (including phenoxy) is 1. The predicted molar refractivity (Wildman–Crippen MR) is 87.5 cm³/mol. The molecule has 4 nitrogen and oxygen atoms in total. The molecule has 2 N–H and O–H groups in total. The molecule has 0 fully saturated rings. The van der Waals surface area contributed by atoms with E-state index in [1.807, 2.05) is 36.4 Å². The first-order chi connectivity index (χ1) is 10.7. The van der Waals surface area contributed by atoms with E-state index < -0.39 is 0 Å². The lowest BCUT2D eigenvalue weighted by molar-refractivity contribution is -0.119. The fourth-order valence-corrected chi connectivity index (χ4v) is 2.64. The second-order valence-electron chi connectivity index (χ2n) is 5.19. The van der Waals surface area contributed by atoms with Crippen LogP contribution in [0.1, 0.15) is 5.56 Å². The van der Waals surface area contributed by atoms with E-state index in [1.54, 1.807) is 6.07 Å². The predicted octanol–water partition coefficient (Wildman–Crippen LogP) is 2.87. The summed E-state index contributed by atoms with van der Waals surface area (Å²) in [5, 5.41) is 6.50. The van der Waals surface area contributed by atoms with E-state index in [-0.39, 0.29) is 18.6 Å². The van der Waals surface area contributed by atoms with Gasteiger partial charge >= 0.3 is 0 Å². The van der Waals surface area contributed by atoms with Crippen molar-refractivity contribution in [3.8, 4) is 5.75 Å². The first-order valence-electron chi connectivity index (χ1n) is 7.22. The number of carbonyl (C=O) groups is 1. The van der Waals surface area contributed by atoms with Crippen molar-refractivity contribution in [2.24, 2.45) is 0 Å². The molecule has 0 spiro atoms. The molecule has 1 aliphatic heterocycles. The smallest absolute Gasteiger partial charge is 0.239 e. The Morgan fingerprint density at radius 2 is 1.95 bits per heavy atom. The summed E-state index contributed by atoms with van der Waals surface area (Å²) < 4.78 is 5.78. The SMILES string of the molecule is O=C(CNc1ccccc1Cl)NC[C@H]1Cc2ccccc2O1. The van der Waals surface area contributed by atoms with Crippen molar-refractivity contribution in [3.63, 3.8) is 0 Å². The van der Waals surface area contributed by atoms with Gasteiger partial charge in [0.15, 0.2) is 0 Å². The molecule has 0 radical (unpaired) electrons. The van der Waals surface area contributed by atoms with Gasteiger partial charge in [-0.3, -0.25) is 4.79 Å². The molecule has 114 valence electrons. The van der Waals surface area contributed by atoms with Crippen molar-refractivity contribution in [1.29, 1.82) is 0 Å². The minimum atomic E-state index is -0.0838. The maximum atomic E-state index is 11.9. The number of anilines is 1. The highest BCUT2D eigenvalue weighted by atomic mass is 35.5. The molecule has 0 bridgehead atoms. The summed E-state index contributed by atoms with van der Waals surface area (Å²) in [6.07, 6.45) is 0.829. The second-order valence-corrected chi connectivity index (χ2v) is 5.60. The van der Waals surface area contributed by atoms with Gasteiger partial charge in [-0.15, -0.1) is 0 Å². The van der Waals surface area contributed by atoms with Gasteiger partial charge < -0.3 is 15.4 Å². The molecule has 1 atom stereocenters. The Morgan fingerprint density at radius 1 is 1.18 bits per heavy atom. The van der Waals surface area contributed by atoms with Crippen LogP contribution in [0.15, 0.2) is 48.5 Å². The van der Waals surface area contributed by atoms with Crippen LogP contribution in [0, 0.1) is 0 Å². The van der Waals surface area contributed by atoms with Crippen LogP contribution in [0.4, 0.5) is 5.69 Å². The first-order valence-corrected chi connectivity index (χ1v) is 7.60. The molecule has 2 aromatic rings. The highest BCUT2D eigenvalue weighted by molar-refractivity contribution is 6.33. The van der Waals surface area contributed by atoms with Crippen molar-refractivity contribution in [3.05, 3.63) is 59.1 Å². The van der Waals surface area contributed by atoms with Crippen molar-refractivity contribution in [1.82, 2.24) is 5.32 Å². The van der Waals surface area contributed by atoms with Crippen LogP contribution < -0.4 is 15.4 Å². The molecular formula is C17H17ClN2O2. The monoisotopic (exact) mass is 316 g/mol. The number of nitrogens with one attached hydrogen (secondary N) is 2. The molecule has 0 unspecified atom stereocenters. The number of hydrogen-bond acceptors (Lipinski definition) is 3. The van der Waals surface area contributed by atoms with Crippen LogP contribution in [-0.2, 0) is 11.2 Å². The van der Waals surface area contributed by atoms with Crippen molar-refractivity contribution in [2.75, 3.05) is 18.4 Å². The quantitative estimate of drug-likeness (QED) is 0.892. The van der Waals surface area contributed by atoms with E-state index in [0.717, 1.165) is 17.9 Å². The summed E-state index contributed by atoms with van der Waals surface area (Å²) in [6.45, 7) is 0.682. The molecule has 0 saturated heterocycles. The number of benzene rings is 2. The fourth-order valence-electron chi connectivity index (χ4n) is 2.44. The molecule has 2 aromatic carbocycles. The van der Waals surface area contributed by atoms with Gasteiger partial charge in [0.05, 0.1) is 23.8 Å². The number of para-hydroxylation sites is 2.